The molecule has 3 nitrogen and oxygen atoms in total. The number of hydrogen-bond donors (Lipinski definition) is 2. The summed E-state index contributed by atoms with van der Waals surface area (Å²) in [5.41, 5.74) is 1.11. The van der Waals surface area contributed by atoms with Crippen LogP contribution in [0.3, 0.4) is 0 Å². The summed E-state index contributed by atoms with van der Waals surface area (Å²) in [6.45, 7) is 9.57. The van der Waals surface area contributed by atoms with Gasteiger partial charge in [0.25, 0.3) is 5.91 Å². The zero-order valence-corrected chi connectivity index (χ0v) is 17.4. The fourth-order valence-electron chi connectivity index (χ4n) is 3.81. The third kappa shape index (κ3) is 3.37. The van der Waals surface area contributed by atoms with Crippen molar-refractivity contribution in [1.82, 2.24) is 0 Å². The van der Waals surface area contributed by atoms with E-state index in [9.17, 15) is 18.7 Å². The molecule has 0 spiro atoms. The van der Waals surface area contributed by atoms with E-state index in [0.29, 0.717) is 0 Å². The summed E-state index contributed by atoms with van der Waals surface area (Å²) in [5.74, 6) is -2.52. The molecular weight excluding hydrogens is 384 g/mol. The highest BCUT2D eigenvalue weighted by molar-refractivity contribution is 6.34. The predicted octanol–water partition coefficient (Wildman–Crippen LogP) is 6.23. The topological polar surface area (TPSA) is 49.3 Å². The van der Waals surface area contributed by atoms with Crippen molar-refractivity contribution in [2.75, 3.05) is 5.32 Å². The van der Waals surface area contributed by atoms with Crippen molar-refractivity contribution in [1.29, 1.82) is 0 Å². The molecule has 0 unspecified atom stereocenters. The van der Waals surface area contributed by atoms with Crippen LogP contribution in [0.4, 0.5) is 14.5 Å². The number of carbonyl (C=O) groups excluding carboxylic acids is 1. The quantitative estimate of drug-likeness (QED) is 0.619. The molecule has 2 aromatic carbocycles. The van der Waals surface area contributed by atoms with Gasteiger partial charge in [0, 0.05) is 11.3 Å². The van der Waals surface area contributed by atoms with Gasteiger partial charge in [-0.25, -0.2) is 8.78 Å². The predicted molar refractivity (Wildman–Crippen MR) is 107 cm³/mol. The third-order valence-corrected chi connectivity index (χ3v) is 6.17. The van der Waals surface area contributed by atoms with E-state index in [-0.39, 0.29) is 38.4 Å². The van der Waals surface area contributed by atoms with E-state index in [1.54, 1.807) is 6.07 Å². The van der Waals surface area contributed by atoms with Gasteiger partial charge < -0.3 is 10.4 Å². The van der Waals surface area contributed by atoms with Gasteiger partial charge in [-0.05, 0) is 59.9 Å². The number of nitrogens with one attached hydrogen (secondary N) is 1. The number of amides is 1. The lowest BCUT2D eigenvalue weighted by molar-refractivity contribution is 0.102. The number of carbonyl (C=O) groups is 1. The van der Waals surface area contributed by atoms with Gasteiger partial charge in [0.05, 0.1) is 10.6 Å². The Morgan fingerprint density at radius 3 is 2.18 bits per heavy atom. The van der Waals surface area contributed by atoms with Crippen molar-refractivity contribution in [3.05, 3.63) is 57.1 Å². The zero-order chi connectivity index (χ0) is 21.0. The molecule has 6 heteroatoms. The molecule has 0 saturated carbocycles. The summed E-state index contributed by atoms with van der Waals surface area (Å²) in [5, 5.41) is 13.2. The SMILES string of the molecule is Cc1c(F)cc(NC(=O)c2cc3c(c(Cl)c2O)C(C)(C)CCC3(C)C)cc1F. The first-order chi connectivity index (χ1) is 12.8. The molecule has 0 aliphatic heterocycles. The van der Waals surface area contributed by atoms with Gasteiger partial charge in [-0.3, -0.25) is 4.79 Å². The van der Waals surface area contributed by atoms with Crippen molar-refractivity contribution < 1.29 is 18.7 Å². The van der Waals surface area contributed by atoms with Crippen LogP contribution in [0, 0.1) is 18.6 Å². The van der Waals surface area contributed by atoms with Crippen LogP contribution in [-0.2, 0) is 10.8 Å². The molecule has 0 aromatic heterocycles. The molecule has 0 bridgehead atoms. The van der Waals surface area contributed by atoms with Gasteiger partial charge in [0.1, 0.15) is 17.4 Å². The van der Waals surface area contributed by atoms with E-state index >= 15 is 0 Å². The molecule has 0 fully saturated rings. The number of phenols is 1. The van der Waals surface area contributed by atoms with E-state index in [0.717, 1.165) is 36.1 Å². The maximum Gasteiger partial charge on any atom is 0.259 e. The first-order valence-electron chi connectivity index (χ1n) is 9.18. The molecule has 150 valence electrons. The summed E-state index contributed by atoms with van der Waals surface area (Å²) in [6, 6.07) is 3.73. The maximum atomic E-state index is 13.8. The lowest BCUT2D eigenvalue weighted by Crippen LogP contribution is -2.34. The number of anilines is 1. The average molecular weight is 408 g/mol. The van der Waals surface area contributed by atoms with Crippen molar-refractivity contribution in [3.8, 4) is 5.75 Å². The highest BCUT2D eigenvalue weighted by Gasteiger charge is 2.40. The number of fused-ring (bicyclic) bond motifs is 1. The highest BCUT2D eigenvalue weighted by atomic mass is 35.5. The minimum Gasteiger partial charge on any atom is -0.506 e. The summed E-state index contributed by atoms with van der Waals surface area (Å²) in [4.78, 5) is 12.8. The summed E-state index contributed by atoms with van der Waals surface area (Å²) in [6.07, 6.45) is 1.81. The fraction of sp³-hybridized carbons (Fsp3) is 0.409. The Balaban J connectivity index is 2.08. The molecule has 1 aliphatic carbocycles. The molecule has 2 N–H and O–H groups in total. The van der Waals surface area contributed by atoms with Crippen molar-refractivity contribution in [2.24, 2.45) is 0 Å². The number of aromatic hydroxyl groups is 1. The van der Waals surface area contributed by atoms with E-state index in [2.05, 4.69) is 33.0 Å². The second kappa shape index (κ2) is 6.73. The van der Waals surface area contributed by atoms with Crippen LogP contribution in [0.25, 0.3) is 0 Å². The minimum atomic E-state index is -0.758. The first kappa shape index (κ1) is 20.6. The van der Waals surface area contributed by atoms with Gasteiger partial charge in [0.2, 0.25) is 0 Å². The zero-order valence-electron chi connectivity index (χ0n) is 16.6. The van der Waals surface area contributed by atoms with E-state index < -0.39 is 17.5 Å². The van der Waals surface area contributed by atoms with E-state index in [1.807, 2.05) is 0 Å². The number of hydrogen-bond acceptors (Lipinski definition) is 2. The van der Waals surface area contributed by atoms with Gasteiger partial charge in [-0.15, -0.1) is 0 Å². The van der Waals surface area contributed by atoms with Crippen molar-refractivity contribution in [2.45, 2.75) is 58.3 Å². The number of benzene rings is 2. The van der Waals surface area contributed by atoms with Crippen LogP contribution in [0.15, 0.2) is 18.2 Å². The van der Waals surface area contributed by atoms with Crippen LogP contribution in [0.5, 0.6) is 5.75 Å². The second-order valence-electron chi connectivity index (χ2n) is 8.80. The minimum absolute atomic E-state index is 0.0177. The molecule has 0 heterocycles. The normalized spacial score (nSPS) is 17.1. The molecule has 0 saturated heterocycles. The van der Waals surface area contributed by atoms with Gasteiger partial charge in [0.15, 0.2) is 0 Å². The highest BCUT2D eigenvalue weighted by Crippen LogP contribution is 2.51. The van der Waals surface area contributed by atoms with Crippen molar-refractivity contribution in [3.63, 3.8) is 0 Å². The Labute approximate surface area is 168 Å². The maximum absolute atomic E-state index is 13.8. The Hall–Kier alpha value is -2.14. The molecule has 0 radical (unpaired) electrons. The van der Waals surface area contributed by atoms with E-state index in [4.69, 9.17) is 11.6 Å². The lowest BCUT2D eigenvalue weighted by atomic mass is 9.63. The molecular formula is C22H24ClF2NO2. The van der Waals surface area contributed by atoms with Crippen LogP contribution in [0.2, 0.25) is 5.02 Å². The fourth-order valence-corrected chi connectivity index (χ4v) is 4.27. The standard InChI is InChI=1S/C22H24ClF2NO2/c1-11-15(24)8-12(9-16(11)25)26-20(28)13-10-14-17(18(23)19(13)27)22(4,5)7-6-21(14,2)3/h8-10,27H,6-7H2,1-5H3,(H,26,28). The molecule has 1 aliphatic rings. The summed E-state index contributed by atoms with van der Waals surface area (Å²) in [7, 11) is 0. The number of rotatable bonds is 2. The Bertz CT molecular complexity index is 960. The van der Waals surface area contributed by atoms with E-state index in [1.165, 1.54) is 6.92 Å². The van der Waals surface area contributed by atoms with Crippen LogP contribution in [-0.4, -0.2) is 11.0 Å². The van der Waals surface area contributed by atoms with Crippen LogP contribution >= 0.6 is 11.6 Å². The second-order valence-corrected chi connectivity index (χ2v) is 9.17. The van der Waals surface area contributed by atoms with Gasteiger partial charge >= 0.3 is 0 Å². The molecule has 2 aromatic rings. The lowest BCUT2D eigenvalue weighted by Gasteiger charge is -2.42. The average Bonchev–Trinajstić information content (AvgIpc) is 2.58. The summed E-state index contributed by atoms with van der Waals surface area (Å²) < 4.78 is 27.6. The smallest absolute Gasteiger partial charge is 0.259 e. The number of halogens is 3. The van der Waals surface area contributed by atoms with Gasteiger partial charge in [-0.2, -0.15) is 0 Å². The molecule has 1 amide bonds. The number of phenolic OH excluding ortho intramolecular Hbond substituents is 1. The molecule has 0 atom stereocenters. The Morgan fingerprint density at radius 2 is 1.61 bits per heavy atom. The summed E-state index contributed by atoms with van der Waals surface area (Å²) >= 11 is 6.50. The van der Waals surface area contributed by atoms with Crippen LogP contribution in [0.1, 0.15) is 67.6 Å². The molecule has 28 heavy (non-hydrogen) atoms. The Morgan fingerprint density at radius 1 is 1.07 bits per heavy atom. The molecule has 3 rings (SSSR count). The van der Waals surface area contributed by atoms with Crippen molar-refractivity contribution >= 4 is 23.2 Å². The van der Waals surface area contributed by atoms with Gasteiger partial charge in [-0.1, -0.05) is 39.3 Å². The van der Waals surface area contributed by atoms with Crippen LogP contribution < -0.4 is 5.32 Å². The Kier molecular flexibility index (Phi) is 4.95. The monoisotopic (exact) mass is 407 g/mol. The third-order valence-electron chi connectivity index (χ3n) is 5.80. The largest absolute Gasteiger partial charge is 0.506 e. The first-order valence-corrected chi connectivity index (χ1v) is 9.56.